The van der Waals surface area contributed by atoms with Crippen LogP contribution in [0.25, 0.3) is 0 Å². The van der Waals surface area contributed by atoms with Crippen molar-refractivity contribution in [2.24, 2.45) is 5.41 Å². The third kappa shape index (κ3) is 2.54. The van der Waals surface area contributed by atoms with Crippen LogP contribution in [0.1, 0.15) is 58.2 Å². The number of aromatic nitrogens is 2. The molecule has 17 heavy (non-hydrogen) atoms. The predicted molar refractivity (Wildman–Crippen MR) is 68.9 cm³/mol. The molecule has 0 amide bonds. The van der Waals surface area contributed by atoms with Crippen molar-refractivity contribution < 1.29 is 5.11 Å². The van der Waals surface area contributed by atoms with Gasteiger partial charge < -0.3 is 5.11 Å². The van der Waals surface area contributed by atoms with E-state index in [1.54, 1.807) is 0 Å². The van der Waals surface area contributed by atoms with E-state index in [-0.39, 0.29) is 11.5 Å². The van der Waals surface area contributed by atoms with Crippen molar-refractivity contribution in [3.8, 4) is 0 Å². The van der Waals surface area contributed by atoms with E-state index in [2.05, 4.69) is 35.9 Å². The lowest BCUT2D eigenvalue weighted by Crippen LogP contribution is -2.21. The van der Waals surface area contributed by atoms with Crippen molar-refractivity contribution >= 4 is 0 Å². The molecule has 1 fully saturated rings. The second kappa shape index (κ2) is 4.81. The smallest absolute Gasteiger partial charge is 0.0631 e. The molecule has 1 saturated carbocycles. The number of hydrogen-bond donors (Lipinski definition) is 1. The summed E-state index contributed by atoms with van der Waals surface area (Å²) in [5.41, 5.74) is 1.27. The Bertz CT molecular complexity index is 362. The SMILES string of the molecule is CCC(CC)n1ccc(CC2(C(C)O)CC2)n1. The summed E-state index contributed by atoms with van der Waals surface area (Å²) in [6, 6.07) is 2.63. The molecule has 0 aromatic carbocycles. The van der Waals surface area contributed by atoms with Crippen molar-refractivity contribution in [1.82, 2.24) is 9.78 Å². The predicted octanol–water partition coefficient (Wildman–Crippen LogP) is 2.95. The molecule has 0 saturated heterocycles. The van der Waals surface area contributed by atoms with E-state index < -0.39 is 0 Å². The third-order valence-corrected chi connectivity index (χ3v) is 4.29. The van der Waals surface area contributed by atoms with E-state index in [4.69, 9.17) is 0 Å². The molecule has 96 valence electrons. The van der Waals surface area contributed by atoms with Crippen LogP contribution >= 0.6 is 0 Å². The van der Waals surface area contributed by atoms with E-state index >= 15 is 0 Å². The second-order valence-electron chi connectivity index (χ2n) is 5.47. The first-order valence-electron chi connectivity index (χ1n) is 6.83. The van der Waals surface area contributed by atoms with Crippen LogP contribution in [0.5, 0.6) is 0 Å². The maximum absolute atomic E-state index is 9.78. The Morgan fingerprint density at radius 1 is 1.41 bits per heavy atom. The fourth-order valence-corrected chi connectivity index (χ4v) is 2.60. The van der Waals surface area contributed by atoms with Crippen molar-refractivity contribution in [1.29, 1.82) is 0 Å². The minimum Gasteiger partial charge on any atom is -0.393 e. The molecule has 3 nitrogen and oxygen atoms in total. The van der Waals surface area contributed by atoms with Crippen LogP contribution < -0.4 is 0 Å². The molecule has 1 unspecified atom stereocenters. The van der Waals surface area contributed by atoms with Gasteiger partial charge in [0.25, 0.3) is 0 Å². The maximum atomic E-state index is 9.78. The minimum atomic E-state index is -0.208. The van der Waals surface area contributed by atoms with E-state index in [0.29, 0.717) is 6.04 Å². The zero-order chi connectivity index (χ0) is 12.5. The maximum Gasteiger partial charge on any atom is 0.0631 e. The number of aliphatic hydroxyl groups is 1. The van der Waals surface area contributed by atoms with Crippen LogP contribution in [0.15, 0.2) is 12.3 Å². The molecule has 1 heterocycles. The standard InChI is InChI=1S/C14H24N2O/c1-4-13(5-2)16-9-6-12(15-16)10-14(7-8-14)11(3)17/h6,9,11,13,17H,4-5,7-8,10H2,1-3H3. The molecular weight excluding hydrogens is 212 g/mol. The van der Waals surface area contributed by atoms with Crippen LogP contribution in [0.4, 0.5) is 0 Å². The summed E-state index contributed by atoms with van der Waals surface area (Å²) in [4.78, 5) is 0. The average molecular weight is 236 g/mol. The van der Waals surface area contributed by atoms with Crippen LogP contribution in [-0.2, 0) is 6.42 Å². The number of aliphatic hydroxyl groups excluding tert-OH is 1. The van der Waals surface area contributed by atoms with Gasteiger partial charge in [0.15, 0.2) is 0 Å². The Morgan fingerprint density at radius 2 is 2.06 bits per heavy atom. The molecular formula is C14H24N2O. The summed E-state index contributed by atoms with van der Waals surface area (Å²) < 4.78 is 2.09. The summed E-state index contributed by atoms with van der Waals surface area (Å²) in [5, 5.41) is 14.4. The van der Waals surface area contributed by atoms with Gasteiger partial charge in [-0.2, -0.15) is 5.10 Å². The van der Waals surface area contributed by atoms with E-state index in [0.717, 1.165) is 37.8 Å². The average Bonchev–Trinajstić information content (AvgIpc) is 2.94. The first-order chi connectivity index (χ1) is 8.11. The fourth-order valence-electron chi connectivity index (χ4n) is 2.60. The van der Waals surface area contributed by atoms with E-state index in [1.165, 1.54) is 0 Å². The summed E-state index contributed by atoms with van der Waals surface area (Å²) in [5.74, 6) is 0. The molecule has 0 bridgehead atoms. The second-order valence-corrected chi connectivity index (χ2v) is 5.47. The van der Waals surface area contributed by atoms with Gasteiger partial charge in [0, 0.05) is 11.6 Å². The molecule has 0 aliphatic heterocycles. The van der Waals surface area contributed by atoms with Gasteiger partial charge in [0.1, 0.15) is 0 Å². The van der Waals surface area contributed by atoms with Crippen molar-refractivity contribution in [2.75, 3.05) is 0 Å². The molecule has 0 radical (unpaired) electrons. The zero-order valence-electron chi connectivity index (χ0n) is 11.2. The van der Waals surface area contributed by atoms with Crippen molar-refractivity contribution in [3.05, 3.63) is 18.0 Å². The van der Waals surface area contributed by atoms with Gasteiger partial charge >= 0.3 is 0 Å². The molecule has 1 N–H and O–H groups in total. The van der Waals surface area contributed by atoms with Gasteiger partial charge in [-0.1, -0.05) is 13.8 Å². The third-order valence-electron chi connectivity index (χ3n) is 4.29. The quantitative estimate of drug-likeness (QED) is 0.824. The van der Waals surface area contributed by atoms with Crippen LogP contribution in [0, 0.1) is 5.41 Å². The van der Waals surface area contributed by atoms with Crippen molar-refractivity contribution in [3.63, 3.8) is 0 Å². The Labute approximate surface area is 104 Å². The normalized spacial score (nSPS) is 19.6. The van der Waals surface area contributed by atoms with Crippen molar-refractivity contribution in [2.45, 2.75) is 65.0 Å². The molecule has 1 atom stereocenters. The molecule has 0 spiro atoms. The highest BCUT2D eigenvalue weighted by Crippen LogP contribution is 2.51. The Hall–Kier alpha value is -0.830. The Balaban J connectivity index is 2.04. The molecule has 1 aliphatic rings. The van der Waals surface area contributed by atoms with Crippen LogP contribution in [-0.4, -0.2) is 21.0 Å². The van der Waals surface area contributed by atoms with Crippen LogP contribution in [0.3, 0.4) is 0 Å². The summed E-state index contributed by atoms with van der Waals surface area (Å²) in [6.07, 6.45) is 7.34. The number of hydrogen-bond acceptors (Lipinski definition) is 2. The molecule has 1 aromatic heterocycles. The first kappa shape index (κ1) is 12.6. The fraction of sp³-hybridized carbons (Fsp3) is 0.786. The molecule has 1 aromatic rings. The van der Waals surface area contributed by atoms with Gasteiger partial charge in [-0.25, -0.2) is 0 Å². The summed E-state index contributed by atoms with van der Waals surface area (Å²) in [6.45, 7) is 6.31. The van der Waals surface area contributed by atoms with Gasteiger partial charge in [-0.15, -0.1) is 0 Å². The largest absolute Gasteiger partial charge is 0.393 e. The van der Waals surface area contributed by atoms with Crippen LogP contribution in [0.2, 0.25) is 0 Å². The number of nitrogens with zero attached hydrogens (tertiary/aromatic N) is 2. The van der Waals surface area contributed by atoms with Gasteiger partial charge in [0.2, 0.25) is 0 Å². The lowest BCUT2D eigenvalue weighted by atomic mass is 9.95. The zero-order valence-corrected chi connectivity index (χ0v) is 11.2. The van der Waals surface area contributed by atoms with Gasteiger partial charge in [-0.3, -0.25) is 4.68 Å². The van der Waals surface area contributed by atoms with E-state index in [9.17, 15) is 5.11 Å². The topological polar surface area (TPSA) is 38.0 Å². The monoisotopic (exact) mass is 236 g/mol. The molecule has 3 heteroatoms. The minimum absolute atomic E-state index is 0.132. The summed E-state index contributed by atoms with van der Waals surface area (Å²) in [7, 11) is 0. The van der Waals surface area contributed by atoms with Gasteiger partial charge in [-0.05, 0) is 45.1 Å². The Kier molecular flexibility index (Phi) is 3.57. The molecule has 2 rings (SSSR count). The highest BCUT2D eigenvalue weighted by atomic mass is 16.3. The lowest BCUT2D eigenvalue weighted by molar-refractivity contribution is 0.109. The Morgan fingerprint density at radius 3 is 2.53 bits per heavy atom. The molecule has 1 aliphatic carbocycles. The van der Waals surface area contributed by atoms with Gasteiger partial charge in [0.05, 0.1) is 17.8 Å². The highest BCUT2D eigenvalue weighted by Gasteiger charge is 2.47. The number of rotatable bonds is 6. The van der Waals surface area contributed by atoms with E-state index in [1.807, 2.05) is 6.92 Å². The highest BCUT2D eigenvalue weighted by molar-refractivity contribution is 5.10. The summed E-state index contributed by atoms with van der Waals surface area (Å²) >= 11 is 0. The lowest BCUT2D eigenvalue weighted by Gasteiger charge is -2.17. The first-order valence-corrected chi connectivity index (χ1v) is 6.83.